The molecule has 2 aromatic rings. The Morgan fingerprint density at radius 3 is 2.65 bits per heavy atom. The van der Waals surface area contributed by atoms with Gasteiger partial charge in [0.05, 0.1) is 12.1 Å². The average molecular weight is 312 g/mol. The lowest BCUT2D eigenvalue weighted by atomic mass is 10.0. The number of amides is 1. The number of piperidine rings is 1. The Kier molecular flexibility index (Phi) is 4.04. The van der Waals surface area contributed by atoms with E-state index in [0.29, 0.717) is 12.5 Å². The third-order valence-electron chi connectivity index (χ3n) is 5.22. The zero-order valence-corrected chi connectivity index (χ0v) is 13.5. The van der Waals surface area contributed by atoms with E-state index < -0.39 is 0 Å². The molecule has 2 aliphatic heterocycles. The third kappa shape index (κ3) is 3.11. The van der Waals surface area contributed by atoms with Gasteiger partial charge in [0.1, 0.15) is 5.65 Å². The first kappa shape index (κ1) is 14.7. The Hall–Kier alpha value is -1.88. The Balaban J connectivity index is 1.34. The molecule has 0 radical (unpaired) electrons. The fourth-order valence-electron chi connectivity index (χ4n) is 3.93. The van der Waals surface area contributed by atoms with Crippen molar-refractivity contribution in [3.05, 3.63) is 36.3 Å². The zero-order valence-electron chi connectivity index (χ0n) is 13.5. The highest BCUT2D eigenvalue weighted by atomic mass is 16.2. The van der Waals surface area contributed by atoms with Crippen LogP contribution in [0, 0.1) is 0 Å². The van der Waals surface area contributed by atoms with Crippen molar-refractivity contribution in [3.63, 3.8) is 0 Å². The van der Waals surface area contributed by atoms with Gasteiger partial charge in [-0.1, -0.05) is 6.07 Å². The third-order valence-corrected chi connectivity index (χ3v) is 5.22. The summed E-state index contributed by atoms with van der Waals surface area (Å²) in [4.78, 5) is 21.7. The van der Waals surface area contributed by atoms with E-state index in [1.807, 2.05) is 39.9 Å². The molecule has 0 saturated carbocycles. The number of nitrogens with zero attached hydrogens (tertiary/aromatic N) is 4. The van der Waals surface area contributed by atoms with Gasteiger partial charge in [-0.15, -0.1) is 0 Å². The summed E-state index contributed by atoms with van der Waals surface area (Å²) >= 11 is 0. The molecule has 5 nitrogen and oxygen atoms in total. The molecule has 0 unspecified atom stereocenters. The molecule has 0 atom stereocenters. The molecule has 5 heteroatoms. The minimum Gasteiger partial charge on any atom is -0.342 e. The number of pyridine rings is 1. The molecule has 2 aliphatic rings. The predicted molar refractivity (Wildman–Crippen MR) is 89.3 cm³/mol. The van der Waals surface area contributed by atoms with Crippen LogP contribution in [0.3, 0.4) is 0 Å². The quantitative estimate of drug-likeness (QED) is 0.870. The van der Waals surface area contributed by atoms with E-state index in [0.717, 1.165) is 37.3 Å². The number of fused-ring (bicyclic) bond motifs is 1. The number of likely N-dealkylation sites (tertiary alicyclic amines) is 2. The van der Waals surface area contributed by atoms with E-state index in [2.05, 4.69) is 9.88 Å². The maximum atomic E-state index is 12.5. The van der Waals surface area contributed by atoms with Crippen molar-refractivity contribution in [2.24, 2.45) is 0 Å². The van der Waals surface area contributed by atoms with E-state index in [9.17, 15) is 4.79 Å². The van der Waals surface area contributed by atoms with Crippen LogP contribution in [0.1, 0.15) is 31.4 Å². The monoisotopic (exact) mass is 312 g/mol. The number of aromatic nitrogens is 2. The van der Waals surface area contributed by atoms with Gasteiger partial charge in [-0.25, -0.2) is 4.98 Å². The number of rotatable bonds is 3. The second-order valence-electron chi connectivity index (χ2n) is 6.73. The average Bonchev–Trinajstić information content (AvgIpc) is 3.24. The molecular formula is C18H24N4O. The van der Waals surface area contributed by atoms with Crippen molar-refractivity contribution in [1.82, 2.24) is 19.2 Å². The van der Waals surface area contributed by atoms with Crippen molar-refractivity contribution in [3.8, 4) is 0 Å². The van der Waals surface area contributed by atoms with Gasteiger partial charge in [-0.3, -0.25) is 4.79 Å². The van der Waals surface area contributed by atoms with E-state index in [1.165, 1.54) is 25.9 Å². The van der Waals surface area contributed by atoms with Crippen LogP contribution in [0.25, 0.3) is 5.65 Å². The van der Waals surface area contributed by atoms with Crippen molar-refractivity contribution in [1.29, 1.82) is 0 Å². The van der Waals surface area contributed by atoms with Crippen LogP contribution in [0.15, 0.2) is 30.6 Å². The minimum absolute atomic E-state index is 0.216. The summed E-state index contributed by atoms with van der Waals surface area (Å²) in [7, 11) is 0. The highest BCUT2D eigenvalue weighted by Crippen LogP contribution is 2.21. The molecule has 2 saturated heterocycles. The lowest BCUT2D eigenvalue weighted by Gasteiger charge is -2.36. The van der Waals surface area contributed by atoms with Crippen molar-refractivity contribution < 1.29 is 4.79 Å². The summed E-state index contributed by atoms with van der Waals surface area (Å²) in [6.45, 7) is 4.29. The first-order valence-corrected chi connectivity index (χ1v) is 8.74. The second kappa shape index (κ2) is 6.32. The standard InChI is InChI=1S/C18H24N4O/c23-18(13-15-14-22-10-2-1-5-17(22)19-15)21-11-6-16(7-12-21)20-8-3-4-9-20/h1-2,5,10,14,16H,3-4,6-9,11-13H2. The molecule has 122 valence electrons. The maximum absolute atomic E-state index is 12.5. The number of hydrogen-bond donors (Lipinski definition) is 0. The molecule has 4 rings (SSSR count). The van der Waals surface area contributed by atoms with Gasteiger partial charge in [0.25, 0.3) is 0 Å². The fourth-order valence-corrected chi connectivity index (χ4v) is 3.93. The summed E-state index contributed by atoms with van der Waals surface area (Å²) in [6, 6.07) is 6.60. The molecule has 0 N–H and O–H groups in total. The second-order valence-corrected chi connectivity index (χ2v) is 6.73. The van der Waals surface area contributed by atoms with E-state index in [1.54, 1.807) is 0 Å². The van der Waals surface area contributed by atoms with Crippen LogP contribution in [-0.2, 0) is 11.2 Å². The molecule has 0 bridgehead atoms. The highest BCUT2D eigenvalue weighted by molar-refractivity contribution is 5.78. The van der Waals surface area contributed by atoms with Gasteiger partial charge < -0.3 is 14.2 Å². The highest BCUT2D eigenvalue weighted by Gasteiger charge is 2.28. The Bertz CT molecular complexity index is 648. The SMILES string of the molecule is O=C(Cc1cn2ccccc2n1)N1CCC(N2CCCC2)CC1. The van der Waals surface area contributed by atoms with E-state index >= 15 is 0 Å². The molecule has 2 aromatic heterocycles. The van der Waals surface area contributed by atoms with Crippen LogP contribution in [0.2, 0.25) is 0 Å². The lowest BCUT2D eigenvalue weighted by Crippen LogP contribution is -2.46. The Labute approximate surface area is 136 Å². The van der Waals surface area contributed by atoms with Gasteiger partial charge in [-0.2, -0.15) is 0 Å². The lowest BCUT2D eigenvalue weighted by molar-refractivity contribution is -0.132. The number of imidazole rings is 1. The van der Waals surface area contributed by atoms with E-state index in [-0.39, 0.29) is 5.91 Å². The van der Waals surface area contributed by atoms with Gasteiger partial charge in [0.2, 0.25) is 5.91 Å². The predicted octanol–water partition coefficient (Wildman–Crippen LogP) is 1.96. The van der Waals surface area contributed by atoms with Crippen molar-refractivity contribution >= 4 is 11.6 Å². The van der Waals surface area contributed by atoms with E-state index in [4.69, 9.17) is 0 Å². The number of hydrogen-bond acceptors (Lipinski definition) is 3. The Morgan fingerprint density at radius 2 is 1.91 bits per heavy atom. The summed E-state index contributed by atoms with van der Waals surface area (Å²) in [5.41, 5.74) is 1.77. The summed E-state index contributed by atoms with van der Waals surface area (Å²) in [5.74, 6) is 0.216. The Morgan fingerprint density at radius 1 is 1.13 bits per heavy atom. The molecule has 2 fully saturated rings. The van der Waals surface area contributed by atoms with Crippen LogP contribution in [0.5, 0.6) is 0 Å². The molecule has 23 heavy (non-hydrogen) atoms. The van der Waals surface area contributed by atoms with Crippen LogP contribution >= 0.6 is 0 Å². The molecule has 0 spiro atoms. The summed E-state index contributed by atoms with van der Waals surface area (Å²) in [6.07, 6.45) is 9.27. The topological polar surface area (TPSA) is 40.9 Å². The van der Waals surface area contributed by atoms with Gasteiger partial charge >= 0.3 is 0 Å². The van der Waals surface area contributed by atoms with Gasteiger partial charge in [0.15, 0.2) is 0 Å². The smallest absolute Gasteiger partial charge is 0.228 e. The molecule has 0 aromatic carbocycles. The number of carbonyl (C=O) groups excluding carboxylic acids is 1. The maximum Gasteiger partial charge on any atom is 0.228 e. The fraction of sp³-hybridized carbons (Fsp3) is 0.556. The van der Waals surface area contributed by atoms with Gasteiger partial charge in [-0.05, 0) is 50.9 Å². The van der Waals surface area contributed by atoms with Crippen molar-refractivity contribution in [2.75, 3.05) is 26.2 Å². The summed E-state index contributed by atoms with van der Waals surface area (Å²) in [5, 5.41) is 0. The van der Waals surface area contributed by atoms with Gasteiger partial charge in [0, 0.05) is 31.5 Å². The largest absolute Gasteiger partial charge is 0.342 e. The van der Waals surface area contributed by atoms with Crippen LogP contribution in [-0.4, -0.2) is 57.3 Å². The molecule has 1 amide bonds. The van der Waals surface area contributed by atoms with Crippen LogP contribution < -0.4 is 0 Å². The first-order chi connectivity index (χ1) is 11.3. The minimum atomic E-state index is 0.216. The molecule has 0 aliphatic carbocycles. The number of carbonyl (C=O) groups is 1. The first-order valence-electron chi connectivity index (χ1n) is 8.74. The zero-order chi connectivity index (χ0) is 15.6. The molecule has 4 heterocycles. The molecular weight excluding hydrogens is 288 g/mol. The van der Waals surface area contributed by atoms with Crippen molar-refractivity contribution in [2.45, 2.75) is 38.1 Å². The summed E-state index contributed by atoms with van der Waals surface area (Å²) < 4.78 is 1.97. The normalized spacial score (nSPS) is 20.4. The van der Waals surface area contributed by atoms with Crippen LogP contribution in [0.4, 0.5) is 0 Å².